The van der Waals surface area contributed by atoms with E-state index in [9.17, 15) is 4.79 Å². The summed E-state index contributed by atoms with van der Waals surface area (Å²) in [5.41, 5.74) is 8.34. The van der Waals surface area contributed by atoms with Gasteiger partial charge in [0, 0.05) is 12.0 Å². The summed E-state index contributed by atoms with van der Waals surface area (Å²) >= 11 is 0. The van der Waals surface area contributed by atoms with Gasteiger partial charge in [0.1, 0.15) is 0 Å². The Labute approximate surface area is 115 Å². The summed E-state index contributed by atoms with van der Waals surface area (Å²) < 4.78 is 0. The zero-order chi connectivity index (χ0) is 13.8. The molecule has 1 aromatic rings. The number of rotatable bonds is 4. The highest BCUT2D eigenvalue weighted by atomic mass is 16.1. The maximum Gasteiger partial charge on any atom is 0.223 e. The van der Waals surface area contributed by atoms with E-state index in [1.54, 1.807) is 0 Å². The summed E-state index contributed by atoms with van der Waals surface area (Å²) in [6, 6.07) is 8.73. The molecule has 104 valence electrons. The van der Waals surface area contributed by atoms with Gasteiger partial charge in [0.05, 0.1) is 6.04 Å². The molecule has 1 aliphatic carbocycles. The molecule has 3 N–H and O–H groups in total. The van der Waals surface area contributed by atoms with E-state index in [1.807, 2.05) is 6.92 Å². The molecule has 1 aliphatic rings. The van der Waals surface area contributed by atoms with Crippen LogP contribution < -0.4 is 11.1 Å². The van der Waals surface area contributed by atoms with Crippen LogP contribution in [0.15, 0.2) is 24.3 Å². The van der Waals surface area contributed by atoms with Gasteiger partial charge in [-0.2, -0.15) is 0 Å². The Morgan fingerprint density at radius 3 is 2.58 bits per heavy atom. The molecule has 0 heterocycles. The Hall–Kier alpha value is -1.35. The lowest BCUT2D eigenvalue weighted by molar-refractivity contribution is -0.125. The van der Waals surface area contributed by atoms with Crippen molar-refractivity contribution in [1.29, 1.82) is 0 Å². The van der Waals surface area contributed by atoms with Crippen LogP contribution in [-0.4, -0.2) is 11.9 Å². The van der Waals surface area contributed by atoms with Crippen LogP contribution in [0.3, 0.4) is 0 Å². The molecule has 3 unspecified atom stereocenters. The van der Waals surface area contributed by atoms with E-state index in [0.29, 0.717) is 0 Å². The van der Waals surface area contributed by atoms with E-state index in [0.717, 1.165) is 31.2 Å². The molecule has 0 aromatic heterocycles. The molecule has 3 atom stereocenters. The number of nitrogens with one attached hydrogen (secondary N) is 1. The van der Waals surface area contributed by atoms with Gasteiger partial charge in [-0.25, -0.2) is 0 Å². The second-order valence-electron chi connectivity index (χ2n) is 5.60. The Morgan fingerprint density at radius 2 is 2.05 bits per heavy atom. The number of benzene rings is 1. The summed E-state index contributed by atoms with van der Waals surface area (Å²) in [5.74, 6) is 0.257. The van der Waals surface area contributed by atoms with Crippen molar-refractivity contribution in [1.82, 2.24) is 5.32 Å². The molecule has 3 nitrogen and oxygen atoms in total. The van der Waals surface area contributed by atoms with Gasteiger partial charge in [-0.3, -0.25) is 4.79 Å². The minimum atomic E-state index is 0.0650. The zero-order valence-corrected chi connectivity index (χ0v) is 11.9. The summed E-state index contributed by atoms with van der Waals surface area (Å²) in [5, 5.41) is 3.10. The van der Waals surface area contributed by atoms with Crippen LogP contribution in [0, 0.1) is 5.92 Å². The maximum absolute atomic E-state index is 12.1. The predicted molar refractivity (Wildman–Crippen MR) is 77.7 cm³/mol. The largest absolute Gasteiger partial charge is 0.349 e. The predicted octanol–water partition coefficient (Wildman–Crippen LogP) is 2.55. The van der Waals surface area contributed by atoms with Gasteiger partial charge < -0.3 is 11.1 Å². The minimum Gasteiger partial charge on any atom is -0.349 e. The highest BCUT2D eigenvalue weighted by molar-refractivity contribution is 5.79. The van der Waals surface area contributed by atoms with Crippen LogP contribution >= 0.6 is 0 Å². The van der Waals surface area contributed by atoms with Gasteiger partial charge >= 0.3 is 0 Å². The molecule has 3 heteroatoms. The summed E-state index contributed by atoms with van der Waals surface area (Å²) in [6.07, 6.45) is 3.76. The van der Waals surface area contributed by atoms with E-state index in [1.165, 1.54) is 5.56 Å². The van der Waals surface area contributed by atoms with Crippen LogP contribution in [0.25, 0.3) is 0 Å². The number of hydrogen-bond acceptors (Lipinski definition) is 2. The van der Waals surface area contributed by atoms with Crippen molar-refractivity contribution in [3.63, 3.8) is 0 Å². The average Bonchev–Trinajstić information content (AvgIpc) is 2.85. The monoisotopic (exact) mass is 260 g/mol. The lowest BCUT2D eigenvalue weighted by Gasteiger charge is -2.17. The van der Waals surface area contributed by atoms with Gasteiger partial charge in [0.15, 0.2) is 0 Å². The van der Waals surface area contributed by atoms with Crippen molar-refractivity contribution < 1.29 is 4.79 Å². The molecule has 19 heavy (non-hydrogen) atoms. The fourth-order valence-electron chi connectivity index (χ4n) is 2.71. The zero-order valence-electron chi connectivity index (χ0n) is 11.9. The highest BCUT2D eigenvalue weighted by Crippen LogP contribution is 2.25. The number of carbonyl (C=O) groups excluding carboxylic acids is 1. The molecule has 2 rings (SSSR count). The molecule has 0 radical (unpaired) electrons. The minimum absolute atomic E-state index is 0.0650. The van der Waals surface area contributed by atoms with Crippen molar-refractivity contribution in [2.24, 2.45) is 11.7 Å². The van der Waals surface area contributed by atoms with Gasteiger partial charge in [-0.05, 0) is 43.7 Å². The summed E-state index contributed by atoms with van der Waals surface area (Å²) in [6.45, 7) is 4.18. The van der Waals surface area contributed by atoms with Crippen molar-refractivity contribution in [3.8, 4) is 0 Å². The normalized spacial score (nSPS) is 24.2. The SMILES string of the molecule is CCc1ccc(C(C)NC(=O)C2CCC(N)C2)cc1. The molecular weight excluding hydrogens is 236 g/mol. The maximum atomic E-state index is 12.1. The van der Waals surface area contributed by atoms with E-state index >= 15 is 0 Å². The average molecular weight is 260 g/mol. The van der Waals surface area contributed by atoms with Crippen LogP contribution in [-0.2, 0) is 11.2 Å². The molecule has 0 bridgehead atoms. The fourth-order valence-corrected chi connectivity index (χ4v) is 2.71. The number of nitrogens with two attached hydrogens (primary N) is 1. The molecule has 0 saturated heterocycles. The molecule has 1 amide bonds. The summed E-state index contributed by atoms with van der Waals surface area (Å²) in [4.78, 5) is 12.1. The molecular formula is C16H24N2O. The van der Waals surface area contributed by atoms with Crippen LogP contribution in [0.2, 0.25) is 0 Å². The Balaban J connectivity index is 1.92. The van der Waals surface area contributed by atoms with E-state index < -0.39 is 0 Å². The van der Waals surface area contributed by atoms with Gasteiger partial charge in [0.25, 0.3) is 0 Å². The molecule has 0 spiro atoms. The van der Waals surface area contributed by atoms with E-state index in [4.69, 9.17) is 5.73 Å². The first-order valence-corrected chi connectivity index (χ1v) is 7.25. The highest BCUT2D eigenvalue weighted by Gasteiger charge is 2.28. The topological polar surface area (TPSA) is 55.1 Å². The Morgan fingerprint density at radius 1 is 1.37 bits per heavy atom. The first-order chi connectivity index (χ1) is 9.10. The molecule has 1 saturated carbocycles. The number of amides is 1. The molecule has 0 aliphatic heterocycles. The lowest BCUT2D eigenvalue weighted by atomic mass is 10.0. The summed E-state index contributed by atoms with van der Waals surface area (Å²) in [7, 11) is 0. The quantitative estimate of drug-likeness (QED) is 0.874. The Bertz CT molecular complexity index is 427. The third kappa shape index (κ3) is 3.57. The lowest BCUT2D eigenvalue weighted by Crippen LogP contribution is -2.32. The van der Waals surface area contributed by atoms with Crippen molar-refractivity contribution >= 4 is 5.91 Å². The Kier molecular flexibility index (Phi) is 4.59. The first-order valence-electron chi connectivity index (χ1n) is 7.25. The number of carbonyl (C=O) groups is 1. The second-order valence-corrected chi connectivity index (χ2v) is 5.60. The number of aryl methyl sites for hydroxylation is 1. The van der Waals surface area contributed by atoms with Gasteiger partial charge in [0.2, 0.25) is 5.91 Å². The van der Waals surface area contributed by atoms with Crippen LogP contribution in [0.1, 0.15) is 50.3 Å². The van der Waals surface area contributed by atoms with Crippen molar-refractivity contribution in [2.75, 3.05) is 0 Å². The fraction of sp³-hybridized carbons (Fsp3) is 0.562. The first kappa shape index (κ1) is 14.1. The molecule has 1 aromatic carbocycles. The van der Waals surface area contributed by atoms with Gasteiger partial charge in [-0.1, -0.05) is 31.2 Å². The number of hydrogen-bond donors (Lipinski definition) is 2. The van der Waals surface area contributed by atoms with Gasteiger partial charge in [-0.15, -0.1) is 0 Å². The third-order valence-electron chi connectivity index (χ3n) is 4.09. The third-order valence-corrected chi connectivity index (χ3v) is 4.09. The van der Waals surface area contributed by atoms with Crippen LogP contribution in [0.4, 0.5) is 0 Å². The standard InChI is InChI=1S/C16H24N2O/c1-3-12-4-6-13(7-5-12)11(2)18-16(19)14-8-9-15(17)10-14/h4-7,11,14-15H,3,8-10,17H2,1-2H3,(H,18,19). The molecule has 1 fully saturated rings. The van der Waals surface area contributed by atoms with E-state index in [2.05, 4.69) is 36.5 Å². The van der Waals surface area contributed by atoms with Crippen molar-refractivity contribution in [2.45, 2.75) is 51.6 Å². The van der Waals surface area contributed by atoms with Crippen LogP contribution in [0.5, 0.6) is 0 Å². The second kappa shape index (κ2) is 6.20. The smallest absolute Gasteiger partial charge is 0.223 e. The van der Waals surface area contributed by atoms with Crippen molar-refractivity contribution in [3.05, 3.63) is 35.4 Å². The van der Waals surface area contributed by atoms with E-state index in [-0.39, 0.29) is 23.9 Å².